The number of hydrogen-bond acceptors (Lipinski definition) is 6. The van der Waals surface area contributed by atoms with Gasteiger partial charge in [-0.25, -0.2) is 0 Å². The molecule has 0 saturated heterocycles. The topological polar surface area (TPSA) is 92.8 Å². The van der Waals surface area contributed by atoms with Gasteiger partial charge in [-0.1, -0.05) is 48.8 Å². The predicted molar refractivity (Wildman–Crippen MR) is 122 cm³/mol. The van der Waals surface area contributed by atoms with Gasteiger partial charge in [0, 0.05) is 44.4 Å². The minimum atomic E-state index is -0.0482. The fourth-order valence-corrected chi connectivity index (χ4v) is 4.62. The number of aliphatic imine (C=N–C) groups is 1. The molecular weight excluding hydrogens is 404 g/mol. The molecule has 1 heterocycles. The molecule has 1 atom stereocenters. The van der Waals surface area contributed by atoms with Crippen LogP contribution in [0.5, 0.6) is 0 Å². The number of ketones is 2. The van der Waals surface area contributed by atoms with Gasteiger partial charge in [0.25, 0.3) is 0 Å². The van der Waals surface area contributed by atoms with Gasteiger partial charge < -0.3 is 9.63 Å². The average Bonchev–Trinajstić information content (AvgIpc) is 3.22. The monoisotopic (exact) mass is 434 g/mol. The Morgan fingerprint density at radius 1 is 1.16 bits per heavy atom. The molecule has 0 amide bonds. The summed E-state index contributed by atoms with van der Waals surface area (Å²) in [6.45, 7) is 2.77. The van der Waals surface area contributed by atoms with Crippen molar-refractivity contribution in [1.29, 1.82) is 0 Å². The normalized spacial score (nSPS) is 21.7. The summed E-state index contributed by atoms with van der Waals surface area (Å²) in [6, 6.07) is 9.98. The Bertz CT molecular complexity index is 1050. The van der Waals surface area contributed by atoms with Crippen molar-refractivity contribution in [2.75, 3.05) is 6.54 Å². The van der Waals surface area contributed by atoms with E-state index >= 15 is 0 Å². The number of benzene rings is 1. The van der Waals surface area contributed by atoms with Gasteiger partial charge in [0.15, 0.2) is 11.6 Å². The highest BCUT2D eigenvalue weighted by atomic mass is 16.5. The fraction of sp³-hybridized carbons (Fsp3) is 0.462. The number of aromatic nitrogens is 1. The van der Waals surface area contributed by atoms with E-state index in [9.17, 15) is 14.7 Å². The third-order valence-corrected chi connectivity index (χ3v) is 6.33. The third-order valence-electron chi connectivity index (χ3n) is 6.33. The smallest absolute Gasteiger partial charge is 0.168 e. The molecule has 2 aliphatic carbocycles. The maximum atomic E-state index is 12.9. The van der Waals surface area contributed by atoms with Gasteiger partial charge >= 0.3 is 0 Å². The highest BCUT2D eigenvalue weighted by Crippen LogP contribution is 2.35. The molecule has 0 radical (unpaired) electrons. The van der Waals surface area contributed by atoms with Gasteiger partial charge in [-0.05, 0) is 30.7 Å². The number of carbonyl (C=O) groups excluding carboxylic acids is 2. The van der Waals surface area contributed by atoms with Crippen LogP contribution in [0.4, 0.5) is 0 Å². The summed E-state index contributed by atoms with van der Waals surface area (Å²) in [4.78, 5) is 30.0. The first kappa shape index (κ1) is 22.2. The lowest BCUT2D eigenvalue weighted by molar-refractivity contribution is -0.115. The number of carbonyl (C=O) groups is 2. The van der Waals surface area contributed by atoms with Gasteiger partial charge in [-0.2, -0.15) is 0 Å². The average molecular weight is 435 g/mol. The van der Waals surface area contributed by atoms with E-state index in [0.29, 0.717) is 61.2 Å². The summed E-state index contributed by atoms with van der Waals surface area (Å²) in [5.74, 6) is 0.737. The lowest BCUT2D eigenvalue weighted by Crippen LogP contribution is -2.22. The van der Waals surface area contributed by atoms with Gasteiger partial charge in [-0.15, -0.1) is 0 Å². The Morgan fingerprint density at radius 3 is 2.75 bits per heavy atom. The number of aliphatic hydroxyl groups is 1. The molecule has 0 aliphatic heterocycles. The molecule has 4 rings (SSSR count). The van der Waals surface area contributed by atoms with E-state index in [2.05, 4.69) is 17.1 Å². The number of rotatable bonds is 7. The van der Waals surface area contributed by atoms with Crippen LogP contribution in [-0.2, 0) is 17.6 Å². The first-order valence-corrected chi connectivity index (χ1v) is 11.6. The number of unbranched alkanes of at least 4 members (excludes halogenated alkanes) is 1. The fourth-order valence-electron chi connectivity index (χ4n) is 4.62. The minimum Gasteiger partial charge on any atom is -0.511 e. The maximum absolute atomic E-state index is 12.9. The lowest BCUT2D eigenvalue weighted by atomic mass is 9.81. The Labute approximate surface area is 188 Å². The first-order chi connectivity index (χ1) is 15.6. The molecule has 168 valence electrons. The van der Waals surface area contributed by atoms with E-state index in [1.165, 1.54) is 0 Å². The quantitative estimate of drug-likeness (QED) is 0.361. The number of allylic oxidation sites excluding steroid dienone is 2. The molecule has 32 heavy (non-hydrogen) atoms. The Kier molecular flexibility index (Phi) is 6.98. The number of aliphatic hydroxyl groups excluding tert-OH is 1. The molecular formula is C26H30N2O4. The van der Waals surface area contributed by atoms with Crippen LogP contribution < -0.4 is 0 Å². The lowest BCUT2D eigenvalue weighted by Gasteiger charge is -2.20. The summed E-state index contributed by atoms with van der Waals surface area (Å²) < 4.78 is 5.54. The van der Waals surface area contributed by atoms with Crippen molar-refractivity contribution in [1.82, 2.24) is 5.16 Å². The Balaban J connectivity index is 1.50. The number of Topliss-reactive ketones (excluding diaryl/α,β-unsaturated/α-hetero) is 2. The molecule has 1 saturated carbocycles. The SMILES string of the molecule is CCCCN=C1CCCC(=O)C1=C(O)CCc1noc2c1C(=O)CC(c1ccccc1)C2. The van der Waals surface area contributed by atoms with Crippen LogP contribution >= 0.6 is 0 Å². The van der Waals surface area contributed by atoms with E-state index in [1.807, 2.05) is 30.3 Å². The standard InChI is InChI=1S/C26H30N2O4/c1-2-3-14-27-19-10-7-11-21(29)25(19)22(30)13-12-20-26-23(31)15-18(16-24(26)32-28-20)17-8-5-4-6-9-17/h4-6,8-9,18,30H,2-3,7,10-16H2,1H3. The van der Waals surface area contributed by atoms with E-state index in [4.69, 9.17) is 4.52 Å². The van der Waals surface area contributed by atoms with Gasteiger partial charge in [0.05, 0.1) is 16.8 Å². The van der Waals surface area contributed by atoms with Crippen LogP contribution in [0.3, 0.4) is 0 Å². The van der Waals surface area contributed by atoms with Crippen molar-refractivity contribution in [2.45, 2.75) is 70.6 Å². The Morgan fingerprint density at radius 2 is 1.97 bits per heavy atom. The molecule has 1 fully saturated rings. The summed E-state index contributed by atoms with van der Waals surface area (Å²) >= 11 is 0. The molecule has 1 unspecified atom stereocenters. The van der Waals surface area contributed by atoms with E-state index in [1.54, 1.807) is 0 Å². The van der Waals surface area contributed by atoms with Crippen molar-refractivity contribution >= 4 is 17.3 Å². The van der Waals surface area contributed by atoms with Crippen LogP contribution in [-0.4, -0.2) is 34.1 Å². The Hall–Kier alpha value is -3.02. The first-order valence-electron chi connectivity index (χ1n) is 11.6. The summed E-state index contributed by atoms with van der Waals surface area (Å²) in [5.41, 5.74) is 3.34. The van der Waals surface area contributed by atoms with Crippen LogP contribution in [0.1, 0.15) is 85.2 Å². The molecule has 2 aromatic rings. The van der Waals surface area contributed by atoms with Crippen molar-refractivity contribution in [3.05, 3.63) is 64.2 Å². The second-order valence-corrected chi connectivity index (χ2v) is 8.65. The van der Waals surface area contributed by atoms with Crippen LogP contribution in [0, 0.1) is 0 Å². The zero-order chi connectivity index (χ0) is 22.5. The zero-order valence-electron chi connectivity index (χ0n) is 18.6. The molecule has 0 spiro atoms. The second kappa shape index (κ2) is 10.1. The van der Waals surface area contributed by atoms with Crippen molar-refractivity contribution in [3.8, 4) is 0 Å². The third kappa shape index (κ3) is 4.74. The molecule has 6 nitrogen and oxygen atoms in total. The number of hydrogen-bond donors (Lipinski definition) is 1. The number of aryl methyl sites for hydroxylation is 1. The van der Waals surface area contributed by atoms with Gasteiger partial charge in [0.2, 0.25) is 0 Å². The van der Waals surface area contributed by atoms with Crippen LogP contribution in [0.15, 0.2) is 51.2 Å². The van der Waals surface area contributed by atoms with Gasteiger partial charge in [-0.3, -0.25) is 14.6 Å². The molecule has 1 N–H and O–H groups in total. The zero-order valence-corrected chi connectivity index (χ0v) is 18.6. The van der Waals surface area contributed by atoms with E-state index < -0.39 is 0 Å². The van der Waals surface area contributed by atoms with Crippen LogP contribution in [0.2, 0.25) is 0 Å². The summed E-state index contributed by atoms with van der Waals surface area (Å²) in [7, 11) is 0. The highest BCUT2D eigenvalue weighted by molar-refractivity contribution is 6.24. The van der Waals surface area contributed by atoms with E-state index in [-0.39, 0.29) is 29.7 Å². The molecule has 2 aliphatic rings. The molecule has 6 heteroatoms. The predicted octanol–water partition coefficient (Wildman–Crippen LogP) is 5.33. The highest BCUT2D eigenvalue weighted by Gasteiger charge is 2.33. The van der Waals surface area contributed by atoms with E-state index in [0.717, 1.165) is 30.5 Å². The molecule has 0 bridgehead atoms. The summed E-state index contributed by atoms with van der Waals surface area (Å²) in [5, 5.41) is 14.9. The minimum absolute atomic E-state index is 0.0269. The largest absolute Gasteiger partial charge is 0.511 e. The molecule has 1 aromatic carbocycles. The van der Waals surface area contributed by atoms with Crippen molar-refractivity contribution in [2.24, 2.45) is 4.99 Å². The van der Waals surface area contributed by atoms with Gasteiger partial charge in [0.1, 0.15) is 11.5 Å². The summed E-state index contributed by atoms with van der Waals surface area (Å²) in [6.07, 6.45) is 5.57. The van der Waals surface area contributed by atoms with Crippen LogP contribution in [0.25, 0.3) is 0 Å². The van der Waals surface area contributed by atoms with Crippen molar-refractivity contribution < 1.29 is 19.2 Å². The number of fused-ring (bicyclic) bond motifs is 1. The second-order valence-electron chi connectivity index (χ2n) is 8.65. The van der Waals surface area contributed by atoms with Crippen molar-refractivity contribution in [3.63, 3.8) is 0 Å². The maximum Gasteiger partial charge on any atom is 0.168 e. The number of nitrogens with zero attached hydrogens (tertiary/aromatic N) is 2. The molecule has 1 aromatic heterocycles.